The van der Waals surface area contributed by atoms with Crippen LogP contribution in [0.3, 0.4) is 0 Å². The van der Waals surface area contributed by atoms with Crippen molar-refractivity contribution < 1.29 is 18.8 Å². The Balaban J connectivity index is 1.66. The predicted octanol–water partition coefficient (Wildman–Crippen LogP) is 4.25. The van der Waals surface area contributed by atoms with Crippen LogP contribution < -0.4 is 9.47 Å². The first-order chi connectivity index (χ1) is 15.0. The van der Waals surface area contributed by atoms with Crippen molar-refractivity contribution in [1.82, 2.24) is 15.0 Å². The van der Waals surface area contributed by atoms with E-state index in [0.29, 0.717) is 36.2 Å². The summed E-state index contributed by atoms with van der Waals surface area (Å²) >= 11 is 0. The Labute approximate surface area is 182 Å². The normalized spacial score (nSPS) is 11.1. The molecule has 0 aliphatic carbocycles. The second kappa shape index (κ2) is 10.4. The largest absolute Gasteiger partial charge is 0.493 e. The zero-order valence-electron chi connectivity index (χ0n) is 18.2. The average Bonchev–Trinajstić information content (AvgIpc) is 3.26. The van der Waals surface area contributed by atoms with Gasteiger partial charge in [-0.1, -0.05) is 35.5 Å². The molecule has 2 aromatic carbocycles. The molecule has 1 aromatic heterocycles. The Kier molecular flexibility index (Phi) is 7.43. The van der Waals surface area contributed by atoms with Crippen LogP contribution in [0, 0.1) is 0 Å². The van der Waals surface area contributed by atoms with Gasteiger partial charge in [-0.3, -0.25) is 4.79 Å². The van der Waals surface area contributed by atoms with Gasteiger partial charge >= 0.3 is 0 Å². The monoisotopic (exact) mass is 421 g/mol. The van der Waals surface area contributed by atoms with Gasteiger partial charge in [-0.05, 0) is 43.7 Å². The summed E-state index contributed by atoms with van der Waals surface area (Å²) in [7, 11) is 3.16. The van der Waals surface area contributed by atoms with Gasteiger partial charge in [0.15, 0.2) is 11.5 Å². The first kappa shape index (κ1) is 22.1. The van der Waals surface area contributed by atoms with Gasteiger partial charge in [0, 0.05) is 30.6 Å². The lowest BCUT2D eigenvalue weighted by Gasteiger charge is -2.24. The Morgan fingerprint density at radius 2 is 1.84 bits per heavy atom. The number of carbonyl (C=O) groups excluding carboxylic acids is 1. The van der Waals surface area contributed by atoms with E-state index in [1.54, 1.807) is 37.3 Å². The van der Waals surface area contributed by atoms with Crippen molar-refractivity contribution in [3.05, 3.63) is 66.1 Å². The van der Waals surface area contributed by atoms with Gasteiger partial charge < -0.3 is 18.9 Å². The maximum Gasteiger partial charge on any atom is 0.246 e. The number of hydrogen-bond donors (Lipinski definition) is 0. The van der Waals surface area contributed by atoms with Crippen LogP contribution in [0.2, 0.25) is 0 Å². The summed E-state index contributed by atoms with van der Waals surface area (Å²) in [6, 6.07) is 15.2. The molecule has 0 bridgehead atoms. The van der Waals surface area contributed by atoms with Crippen molar-refractivity contribution in [3.8, 4) is 22.9 Å². The molecule has 0 N–H and O–H groups in total. The molecular formula is C24H27N3O4. The highest BCUT2D eigenvalue weighted by Crippen LogP contribution is 2.31. The Morgan fingerprint density at radius 1 is 1.10 bits per heavy atom. The third-order valence-electron chi connectivity index (χ3n) is 4.80. The third-order valence-corrected chi connectivity index (χ3v) is 4.80. The van der Waals surface area contributed by atoms with E-state index in [1.165, 1.54) is 0 Å². The van der Waals surface area contributed by atoms with Crippen LogP contribution in [-0.4, -0.2) is 47.8 Å². The molecule has 7 heteroatoms. The van der Waals surface area contributed by atoms with Gasteiger partial charge in [0.1, 0.15) is 0 Å². The minimum atomic E-state index is -0.0570. The van der Waals surface area contributed by atoms with Crippen molar-refractivity contribution in [1.29, 1.82) is 0 Å². The van der Waals surface area contributed by atoms with Crippen LogP contribution in [-0.2, 0) is 11.2 Å². The lowest BCUT2D eigenvalue weighted by Crippen LogP contribution is -2.37. The highest BCUT2D eigenvalue weighted by molar-refractivity contribution is 5.92. The number of benzene rings is 2. The molecular weight excluding hydrogens is 394 g/mol. The number of methoxy groups -OCH3 is 2. The van der Waals surface area contributed by atoms with Crippen LogP contribution in [0.1, 0.15) is 25.3 Å². The minimum Gasteiger partial charge on any atom is -0.493 e. The molecule has 0 saturated heterocycles. The molecule has 0 saturated carbocycles. The molecule has 0 aliphatic rings. The fourth-order valence-corrected chi connectivity index (χ4v) is 3.12. The van der Waals surface area contributed by atoms with Crippen molar-refractivity contribution in [3.63, 3.8) is 0 Å². The molecule has 3 aromatic rings. The van der Waals surface area contributed by atoms with Gasteiger partial charge in [-0.2, -0.15) is 4.98 Å². The highest BCUT2D eigenvalue weighted by Gasteiger charge is 2.17. The number of carbonyl (C=O) groups is 1. The number of nitrogens with zero attached hydrogens (tertiary/aromatic N) is 3. The van der Waals surface area contributed by atoms with Gasteiger partial charge in [-0.15, -0.1) is 0 Å². The van der Waals surface area contributed by atoms with Crippen LogP contribution in [0.5, 0.6) is 11.5 Å². The first-order valence-electron chi connectivity index (χ1n) is 10.1. The molecule has 162 valence electrons. The van der Waals surface area contributed by atoms with E-state index in [2.05, 4.69) is 10.1 Å². The van der Waals surface area contributed by atoms with E-state index < -0.39 is 0 Å². The molecule has 7 nitrogen and oxygen atoms in total. The van der Waals surface area contributed by atoms with Gasteiger partial charge in [0.2, 0.25) is 17.6 Å². The van der Waals surface area contributed by atoms with E-state index in [1.807, 2.05) is 56.3 Å². The quantitative estimate of drug-likeness (QED) is 0.481. The number of ether oxygens (including phenoxy) is 2. The molecule has 3 rings (SSSR count). The van der Waals surface area contributed by atoms with Gasteiger partial charge in [-0.25, -0.2) is 0 Å². The summed E-state index contributed by atoms with van der Waals surface area (Å²) in [5.74, 6) is 2.09. The lowest BCUT2D eigenvalue weighted by molar-refractivity contribution is -0.127. The summed E-state index contributed by atoms with van der Waals surface area (Å²) < 4.78 is 16.0. The molecule has 0 fully saturated rings. The second-order valence-corrected chi connectivity index (χ2v) is 7.20. The fourth-order valence-electron chi connectivity index (χ4n) is 3.12. The van der Waals surface area contributed by atoms with E-state index in [9.17, 15) is 4.79 Å². The molecule has 31 heavy (non-hydrogen) atoms. The summed E-state index contributed by atoms with van der Waals surface area (Å²) in [6.07, 6.45) is 3.88. The lowest BCUT2D eigenvalue weighted by atomic mass is 10.2. The second-order valence-electron chi connectivity index (χ2n) is 7.20. The number of aromatic nitrogens is 2. The number of amides is 1. The standard InChI is InChI=1S/C24H27N3O4/c1-17(2)27(23(28)13-10-18-8-6-5-7-9-18)15-14-22-25-24(26-31-22)19-11-12-20(29-3)21(16-19)30-4/h5-13,16-17H,14-15H2,1-4H3/b13-10+. The van der Waals surface area contributed by atoms with Gasteiger partial charge in [0.25, 0.3) is 0 Å². The summed E-state index contributed by atoms with van der Waals surface area (Å²) in [6.45, 7) is 4.44. The third kappa shape index (κ3) is 5.72. The van der Waals surface area contributed by atoms with E-state index in [0.717, 1.165) is 11.1 Å². The van der Waals surface area contributed by atoms with Crippen LogP contribution in [0.25, 0.3) is 17.5 Å². The molecule has 0 aliphatic heterocycles. The summed E-state index contributed by atoms with van der Waals surface area (Å²) in [5, 5.41) is 4.06. The molecule has 1 amide bonds. The van der Waals surface area contributed by atoms with E-state index >= 15 is 0 Å². The minimum absolute atomic E-state index is 0.0427. The zero-order valence-corrected chi connectivity index (χ0v) is 18.2. The topological polar surface area (TPSA) is 77.7 Å². The molecule has 0 radical (unpaired) electrons. The number of rotatable bonds is 9. The predicted molar refractivity (Wildman–Crippen MR) is 119 cm³/mol. The molecule has 1 heterocycles. The summed E-state index contributed by atoms with van der Waals surface area (Å²) in [4.78, 5) is 18.9. The van der Waals surface area contributed by atoms with Crippen LogP contribution in [0.4, 0.5) is 0 Å². The Hall–Kier alpha value is -3.61. The fraction of sp³-hybridized carbons (Fsp3) is 0.292. The van der Waals surface area contributed by atoms with E-state index in [-0.39, 0.29) is 11.9 Å². The molecule has 0 unspecified atom stereocenters. The zero-order chi connectivity index (χ0) is 22.2. The SMILES string of the molecule is COc1ccc(-c2noc(CCN(C(=O)/C=C/c3ccccc3)C(C)C)n2)cc1OC. The van der Waals surface area contributed by atoms with Crippen molar-refractivity contribution in [2.75, 3.05) is 20.8 Å². The smallest absolute Gasteiger partial charge is 0.246 e. The van der Waals surface area contributed by atoms with Crippen LogP contribution >= 0.6 is 0 Å². The maximum absolute atomic E-state index is 12.7. The molecule has 0 atom stereocenters. The number of hydrogen-bond acceptors (Lipinski definition) is 6. The van der Waals surface area contributed by atoms with Crippen molar-refractivity contribution in [2.45, 2.75) is 26.3 Å². The Bertz CT molecular complexity index is 1030. The highest BCUT2D eigenvalue weighted by atomic mass is 16.5. The first-order valence-corrected chi connectivity index (χ1v) is 10.1. The van der Waals surface area contributed by atoms with E-state index in [4.69, 9.17) is 14.0 Å². The average molecular weight is 421 g/mol. The Morgan fingerprint density at radius 3 is 2.52 bits per heavy atom. The van der Waals surface area contributed by atoms with Crippen molar-refractivity contribution in [2.24, 2.45) is 0 Å². The van der Waals surface area contributed by atoms with Gasteiger partial charge in [0.05, 0.1) is 14.2 Å². The summed E-state index contributed by atoms with van der Waals surface area (Å²) in [5.41, 5.74) is 1.74. The molecule has 0 spiro atoms. The van der Waals surface area contributed by atoms with Crippen molar-refractivity contribution >= 4 is 12.0 Å². The van der Waals surface area contributed by atoms with Crippen LogP contribution in [0.15, 0.2) is 59.1 Å². The maximum atomic E-state index is 12.7.